The Morgan fingerprint density at radius 2 is 1.75 bits per heavy atom. The number of benzene rings is 1. The van der Waals surface area contributed by atoms with E-state index in [1.165, 1.54) is 0 Å². The summed E-state index contributed by atoms with van der Waals surface area (Å²) in [6.45, 7) is 0. The zero-order valence-electron chi connectivity index (χ0n) is 9.49. The number of hydrogen-bond acceptors (Lipinski definition) is 1. The van der Waals surface area contributed by atoms with Gasteiger partial charge in [-0.15, -0.1) is 0 Å². The van der Waals surface area contributed by atoms with Crippen molar-refractivity contribution in [2.24, 2.45) is 0 Å². The summed E-state index contributed by atoms with van der Waals surface area (Å²) in [5.74, 6) is -2.18. The van der Waals surface area contributed by atoms with Crippen LogP contribution in [0.4, 0.5) is 22.0 Å². The van der Waals surface area contributed by atoms with Crippen molar-refractivity contribution in [3.05, 3.63) is 56.3 Å². The predicted molar refractivity (Wildman–Crippen MR) is 65.1 cm³/mol. The van der Waals surface area contributed by atoms with Crippen molar-refractivity contribution in [2.45, 2.75) is 6.18 Å². The van der Waals surface area contributed by atoms with Crippen LogP contribution in [0.25, 0.3) is 11.3 Å². The van der Waals surface area contributed by atoms with E-state index < -0.39 is 40.2 Å². The standard InChI is InChI=1S/C12H5BrF5NO/c13-6-1-2-7(14)10(11(6)15)8-3-5(12(16,17)18)4-9(20)19-8/h1-4H,(H,19,20). The van der Waals surface area contributed by atoms with Crippen LogP contribution >= 0.6 is 15.9 Å². The van der Waals surface area contributed by atoms with E-state index in [-0.39, 0.29) is 4.47 Å². The first kappa shape index (κ1) is 14.7. The Hall–Kier alpha value is -1.70. The van der Waals surface area contributed by atoms with Gasteiger partial charge < -0.3 is 4.98 Å². The molecule has 0 aliphatic heterocycles. The average Bonchev–Trinajstić information content (AvgIpc) is 2.33. The number of aromatic amines is 1. The second kappa shape index (κ2) is 5.01. The Kier molecular flexibility index (Phi) is 3.68. The fourth-order valence-corrected chi connectivity index (χ4v) is 1.95. The van der Waals surface area contributed by atoms with E-state index in [0.29, 0.717) is 12.1 Å². The minimum Gasteiger partial charge on any atom is -0.322 e. The highest BCUT2D eigenvalue weighted by Crippen LogP contribution is 2.33. The third-order valence-corrected chi connectivity index (χ3v) is 3.10. The first-order valence-electron chi connectivity index (χ1n) is 5.15. The van der Waals surface area contributed by atoms with Gasteiger partial charge in [-0.3, -0.25) is 4.79 Å². The second-order valence-corrected chi connectivity index (χ2v) is 4.72. The molecule has 0 fully saturated rings. The van der Waals surface area contributed by atoms with Crippen molar-refractivity contribution >= 4 is 15.9 Å². The van der Waals surface area contributed by atoms with Crippen molar-refractivity contribution < 1.29 is 22.0 Å². The van der Waals surface area contributed by atoms with Gasteiger partial charge in [0.2, 0.25) is 5.56 Å². The lowest BCUT2D eigenvalue weighted by atomic mass is 10.1. The van der Waals surface area contributed by atoms with Crippen molar-refractivity contribution in [2.75, 3.05) is 0 Å². The molecule has 1 heterocycles. The molecule has 0 atom stereocenters. The molecule has 106 valence electrons. The monoisotopic (exact) mass is 353 g/mol. The molecule has 0 bridgehead atoms. The molecule has 0 saturated carbocycles. The van der Waals surface area contributed by atoms with Gasteiger partial charge in [-0.05, 0) is 34.1 Å². The molecule has 2 rings (SSSR count). The summed E-state index contributed by atoms with van der Waals surface area (Å²) >= 11 is 2.80. The minimum absolute atomic E-state index is 0.132. The van der Waals surface area contributed by atoms with Crippen LogP contribution in [0.1, 0.15) is 5.56 Å². The van der Waals surface area contributed by atoms with Gasteiger partial charge in [-0.2, -0.15) is 13.2 Å². The number of pyridine rings is 1. The van der Waals surface area contributed by atoms with E-state index >= 15 is 0 Å². The van der Waals surface area contributed by atoms with Gasteiger partial charge in [-0.1, -0.05) is 0 Å². The van der Waals surface area contributed by atoms with Gasteiger partial charge in [-0.25, -0.2) is 8.78 Å². The number of H-pyrrole nitrogens is 1. The molecule has 0 amide bonds. The van der Waals surface area contributed by atoms with E-state index in [0.717, 1.165) is 12.1 Å². The Labute approximate surface area is 117 Å². The lowest BCUT2D eigenvalue weighted by Crippen LogP contribution is -2.14. The summed E-state index contributed by atoms with van der Waals surface area (Å²) in [7, 11) is 0. The SMILES string of the molecule is O=c1cc(C(F)(F)F)cc(-c2c(F)ccc(Br)c2F)[nH]1. The van der Waals surface area contributed by atoms with Crippen LogP contribution in [0.2, 0.25) is 0 Å². The van der Waals surface area contributed by atoms with E-state index in [9.17, 15) is 26.7 Å². The molecule has 0 aliphatic rings. The zero-order chi connectivity index (χ0) is 15.1. The van der Waals surface area contributed by atoms with Crippen LogP contribution in [-0.4, -0.2) is 4.98 Å². The minimum atomic E-state index is -4.79. The van der Waals surface area contributed by atoms with Gasteiger partial charge in [0.25, 0.3) is 0 Å². The number of rotatable bonds is 1. The number of halogens is 6. The third kappa shape index (κ3) is 2.74. The highest BCUT2D eigenvalue weighted by atomic mass is 79.9. The predicted octanol–water partition coefficient (Wildman–Crippen LogP) is 4.10. The average molecular weight is 354 g/mol. The maximum Gasteiger partial charge on any atom is 0.416 e. The number of aromatic nitrogens is 1. The zero-order valence-corrected chi connectivity index (χ0v) is 11.1. The maximum absolute atomic E-state index is 13.8. The Balaban J connectivity index is 2.75. The fourth-order valence-electron chi connectivity index (χ4n) is 1.62. The van der Waals surface area contributed by atoms with Crippen LogP contribution in [0.5, 0.6) is 0 Å². The molecular weight excluding hydrogens is 349 g/mol. The lowest BCUT2D eigenvalue weighted by molar-refractivity contribution is -0.137. The Morgan fingerprint density at radius 3 is 2.35 bits per heavy atom. The summed E-state index contributed by atoms with van der Waals surface area (Å²) in [4.78, 5) is 13.2. The van der Waals surface area contributed by atoms with Gasteiger partial charge in [0.15, 0.2) is 0 Å². The van der Waals surface area contributed by atoms with Gasteiger partial charge in [0.1, 0.15) is 11.6 Å². The van der Waals surface area contributed by atoms with E-state index in [1.807, 2.05) is 4.98 Å². The summed E-state index contributed by atoms with van der Waals surface area (Å²) < 4.78 is 65.1. The second-order valence-electron chi connectivity index (χ2n) is 3.86. The van der Waals surface area contributed by atoms with Gasteiger partial charge in [0, 0.05) is 6.07 Å². The highest BCUT2D eigenvalue weighted by Gasteiger charge is 2.32. The van der Waals surface area contributed by atoms with Gasteiger partial charge in [0.05, 0.1) is 21.3 Å². The van der Waals surface area contributed by atoms with E-state index in [4.69, 9.17) is 0 Å². The van der Waals surface area contributed by atoms with Crippen LogP contribution in [0.3, 0.4) is 0 Å². The number of hydrogen-bond donors (Lipinski definition) is 1. The van der Waals surface area contributed by atoms with Crippen molar-refractivity contribution in [3.8, 4) is 11.3 Å². The number of alkyl halides is 3. The molecule has 20 heavy (non-hydrogen) atoms. The molecule has 1 aromatic carbocycles. The third-order valence-electron chi connectivity index (χ3n) is 2.48. The molecule has 8 heteroatoms. The largest absolute Gasteiger partial charge is 0.416 e. The topological polar surface area (TPSA) is 32.9 Å². The quantitative estimate of drug-likeness (QED) is 0.607. The molecule has 0 spiro atoms. The molecular formula is C12H5BrF5NO. The van der Waals surface area contributed by atoms with Crippen LogP contribution in [0, 0.1) is 11.6 Å². The summed E-state index contributed by atoms with van der Waals surface area (Å²) in [5.41, 5.74) is -3.70. The normalized spacial score (nSPS) is 11.7. The van der Waals surface area contributed by atoms with Crippen LogP contribution in [0.15, 0.2) is 33.5 Å². The summed E-state index contributed by atoms with van der Waals surface area (Å²) in [6.07, 6.45) is -4.79. The summed E-state index contributed by atoms with van der Waals surface area (Å²) in [5, 5.41) is 0. The molecule has 2 nitrogen and oxygen atoms in total. The smallest absolute Gasteiger partial charge is 0.322 e. The van der Waals surface area contributed by atoms with Crippen molar-refractivity contribution in [1.82, 2.24) is 4.98 Å². The first-order valence-corrected chi connectivity index (χ1v) is 5.95. The molecule has 0 radical (unpaired) electrons. The van der Waals surface area contributed by atoms with E-state index in [1.54, 1.807) is 0 Å². The Morgan fingerprint density at radius 1 is 1.10 bits per heavy atom. The van der Waals surface area contributed by atoms with Crippen LogP contribution in [-0.2, 0) is 6.18 Å². The molecule has 1 aromatic heterocycles. The molecule has 0 aliphatic carbocycles. The number of nitrogens with one attached hydrogen (secondary N) is 1. The first-order chi connectivity index (χ1) is 9.20. The maximum atomic E-state index is 13.8. The van der Waals surface area contributed by atoms with Crippen LogP contribution < -0.4 is 5.56 Å². The Bertz CT molecular complexity index is 723. The molecule has 0 unspecified atom stereocenters. The van der Waals surface area contributed by atoms with E-state index in [2.05, 4.69) is 15.9 Å². The summed E-state index contributed by atoms with van der Waals surface area (Å²) in [6, 6.07) is 2.74. The van der Waals surface area contributed by atoms with Gasteiger partial charge >= 0.3 is 6.18 Å². The van der Waals surface area contributed by atoms with Crippen molar-refractivity contribution in [3.63, 3.8) is 0 Å². The van der Waals surface area contributed by atoms with Crippen molar-refractivity contribution in [1.29, 1.82) is 0 Å². The lowest BCUT2D eigenvalue weighted by Gasteiger charge is -2.10. The molecule has 2 aromatic rings. The molecule has 0 saturated heterocycles. The molecule has 1 N–H and O–H groups in total. The fraction of sp³-hybridized carbons (Fsp3) is 0.0833. The highest BCUT2D eigenvalue weighted by molar-refractivity contribution is 9.10.